The van der Waals surface area contributed by atoms with E-state index >= 15 is 0 Å². The normalized spacial score (nSPS) is 16.5. The number of anilines is 1. The Kier molecular flexibility index (Phi) is 7.49. The molecular weight excluding hydrogens is 565 g/mol. The SMILES string of the molecule is Cc1ccc(-n2c(C)cc([C@H]3[C@@H](c4ccccn4)NC(=S)N3c3ccc(Sc4ccc([N+](=O)[O-])cc4)cc3)c2C)nc1. The first-order chi connectivity index (χ1) is 20.3. The van der Waals surface area contributed by atoms with Crippen LogP contribution in [0.5, 0.6) is 0 Å². The lowest BCUT2D eigenvalue weighted by Crippen LogP contribution is -2.29. The van der Waals surface area contributed by atoms with Crippen LogP contribution in [0.2, 0.25) is 0 Å². The van der Waals surface area contributed by atoms with Gasteiger partial charge in [-0.2, -0.15) is 0 Å². The van der Waals surface area contributed by atoms with Gasteiger partial charge in [0.1, 0.15) is 5.82 Å². The Morgan fingerprint density at radius 3 is 2.26 bits per heavy atom. The summed E-state index contributed by atoms with van der Waals surface area (Å²) in [5.41, 5.74) is 6.39. The van der Waals surface area contributed by atoms with Crippen LogP contribution in [-0.2, 0) is 0 Å². The molecule has 4 heterocycles. The van der Waals surface area contributed by atoms with Crippen molar-refractivity contribution < 1.29 is 4.92 Å². The van der Waals surface area contributed by atoms with Crippen molar-refractivity contribution >= 4 is 40.5 Å². The molecule has 1 N–H and O–H groups in total. The van der Waals surface area contributed by atoms with E-state index in [4.69, 9.17) is 22.2 Å². The van der Waals surface area contributed by atoms with Crippen molar-refractivity contribution in [1.82, 2.24) is 19.9 Å². The first kappa shape index (κ1) is 27.6. The van der Waals surface area contributed by atoms with E-state index in [0.717, 1.165) is 49.5 Å². The van der Waals surface area contributed by atoms with E-state index in [1.54, 1.807) is 23.9 Å². The van der Waals surface area contributed by atoms with E-state index < -0.39 is 0 Å². The summed E-state index contributed by atoms with van der Waals surface area (Å²) in [5, 5.41) is 15.2. The number of nitro benzene ring substituents is 1. The number of pyridine rings is 2. The summed E-state index contributed by atoms with van der Waals surface area (Å²) in [6.07, 6.45) is 3.70. The van der Waals surface area contributed by atoms with Crippen molar-refractivity contribution in [3.05, 3.63) is 136 Å². The summed E-state index contributed by atoms with van der Waals surface area (Å²) in [5.74, 6) is 0.879. The Morgan fingerprint density at radius 1 is 0.929 bits per heavy atom. The fraction of sp³-hybridized carbons (Fsp3) is 0.156. The summed E-state index contributed by atoms with van der Waals surface area (Å²) in [6.45, 7) is 6.26. The summed E-state index contributed by atoms with van der Waals surface area (Å²) in [7, 11) is 0. The van der Waals surface area contributed by atoms with Gasteiger partial charge in [-0.15, -0.1) is 0 Å². The zero-order valence-corrected chi connectivity index (χ0v) is 24.9. The molecule has 210 valence electrons. The lowest BCUT2D eigenvalue weighted by atomic mass is 9.96. The van der Waals surface area contributed by atoms with Crippen LogP contribution in [0.4, 0.5) is 11.4 Å². The largest absolute Gasteiger partial charge is 0.351 e. The zero-order chi connectivity index (χ0) is 29.4. The molecule has 1 aliphatic heterocycles. The van der Waals surface area contributed by atoms with Gasteiger partial charge in [-0.1, -0.05) is 23.9 Å². The van der Waals surface area contributed by atoms with Crippen molar-refractivity contribution in [2.24, 2.45) is 0 Å². The van der Waals surface area contributed by atoms with Gasteiger partial charge in [0.2, 0.25) is 0 Å². The quantitative estimate of drug-likeness (QED) is 0.119. The predicted octanol–water partition coefficient (Wildman–Crippen LogP) is 7.43. The van der Waals surface area contributed by atoms with Gasteiger partial charge in [-0.05, 0) is 105 Å². The minimum atomic E-state index is -0.389. The minimum Gasteiger partial charge on any atom is -0.351 e. The molecule has 1 aliphatic rings. The number of benzene rings is 2. The van der Waals surface area contributed by atoms with E-state index in [0.29, 0.717) is 5.11 Å². The third-order valence-electron chi connectivity index (χ3n) is 7.41. The van der Waals surface area contributed by atoms with E-state index in [1.807, 2.05) is 43.6 Å². The number of aromatic nitrogens is 3. The van der Waals surface area contributed by atoms with Crippen LogP contribution in [0.15, 0.2) is 107 Å². The van der Waals surface area contributed by atoms with Gasteiger partial charge in [-0.3, -0.25) is 15.1 Å². The molecule has 1 saturated heterocycles. The number of rotatable bonds is 7. The van der Waals surface area contributed by atoms with Crippen LogP contribution in [0, 0.1) is 30.9 Å². The van der Waals surface area contributed by atoms with Crippen LogP contribution in [-0.4, -0.2) is 24.6 Å². The number of thiocarbonyl (C=S) groups is 1. The van der Waals surface area contributed by atoms with Gasteiger partial charge in [0, 0.05) is 51.4 Å². The van der Waals surface area contributed by atoms with E-state index in [2.05, 4.69) is 65.0 Å². The molecule has 42 heavy (non-hydrogen) atoms. The molecule has 0 radical (unpaired) electrons. The van der Waals surface area contributed by atoms with Crippen molar-refractivity contribution in [1.29, 1.82) is 0 Å². The number of non-ortho nitro benzene ring substituents is 1. The van der Waals surface area contributed by atoms with Gasteiger partial charge in [0.05, 0.1) is 22.7 Å². The number of aryl methyl sites for hydroxylation is 2. The topological polar surface area (TPSA) is 89.1 Å². The minimum absolute atomic E-state index is 0.0794. The Morgan fingerprint density at radius 2 is 1.64 bits per heavy atom. The second kappa shape index (κ2) is 11.4. The highest BCUT2D eigenvalue weighted by Crippen LogP contribution is 2.44. The van der Waals surface area contributed by atoms with Gasteiger partial charge >= 0.3 is 0 Å². The third kappa shape index (κ3) is 5.26. The molecule has 0 spiro atoms. The highest BCUT2D eigenvalue weighted by atomic mass is 32.2. The van der Waals surface area contributed by atoms with Crippen LogP contribution >= 0.6 is 24.0 Å². The van der Waals surface area contributed by atoms with Crippen LogP contribution in [0.25, 0.3) is 5.82 Å². The van der Waals surface area contributed by atoms with Gasteiger partial charge in [-0.25, -0.2) is 4.98 Å². The molecule has 2 aromatic carbocycles. The van der Waals surface area contributed by atoms with Gasteiger partial charge in [0.15, 0.2) is 5.11 Å². The maximum absolute atomic E-state index is 11.0. The number of nitrogens with zero attached hydrogens (tertiary/aromatic N) is 5. The third-order valence-corrected chi connectivity index (χ3v) is 8.74. The Hall–Kier alpha value is -4.54. The maximum Gasteiger partial charge on any atom is 0.269 e. The monoisotopic (exact) mass is 592 g/mol. The van der Waals surface area contributed by atoms with Crippen LogP contribution < -0.4 is 10.2 Å². The van der Waals surface area contributed by atoms with Crippen molar-refractivity contribution in [2.45, 2.75) is 42.6 Å². The van der Waals surface area contributed by atoms with E-state index in [-0.39, 0.29) is 22.7 Å². The van der Waals surface area contributed by atoms with Gasteiger partial charge < -0.3 is 14.8 Å². The molecule has 0 unspecified atom stereocenters. The lowest BCUT2D eigenvalue weighted by Gasteiger charge is -2.28. The lowest BCUT2D eigenvalue weighted by molar-refractivity contribution is -0.384. The predicted molar refractivity (Wildman–Crippen MR) is 169 cm³/mol. The van der Waals surface area contributed by atoms with E-state index in [1.165, 1.54) is 12.1 Å². The first-order valence-electron chi connectivity index (χ1n) is 13.4. The molecule has 0 bridgehead atoms. The van der Waals surface area contributed by atoms with Crippen LogP contribution in [0.1, 0.15) is 40.3 Å². The fourth-order valence-electron chi connectivity index (χ4n) is 5.43. The van der Waals surface area contributed by atoms with Crippen molar-refractivity contribution in [3.8, 4) is 5.82 Å². The molecule has 0 amide bonds. The molecule has 0 saturated carbocycles. The molecule has 5 aromatic rings. The second-order valence-electron chi connectivity index (χ2n) is 10.2. The molecule has 0 aliphatic carbocycles. The Balaban J connectivity index is 1.37. The molecule has 3 aromatic heterocycles. The molecular formula is C32H28N6O2S2. The average molecular weight is 593 g/mol. The Bertz CT molecular complexity index is 1750. The standard InChI is InChI=1S/C32H28N6O2S2/c1-20-7-16-29(34-19-20)36-21(2)18-27(22(36)3)31-30(28-6-4-5-17-33-28)35-32(41)37(31)23-8-12-25(13-9-23)42-26-14-10-24(11-15-26)38(39)40/h4-19,30-31H,1-3H3,(H,35,41)/t30-,31+/m1/s1. The number of nitro groups is 1. The summed E-state index contributed by atoms with van der Waals surface area (Å²) in [4.78, 5) is 24.1. The highest BCUT2D eigenvalue weighted by Gasteiger charge is 2.42. The molecule has 2 atom stereocenters. The van der Waals surface area contributed by atoms with Gasteiger partial charge in [0.25, 0.3) is 5.69 Å². The number of nitrogens with one attached hydrogen (secondary N) is 1. The average Bonchev–Trinajstić information content (AvgIpc) is 3.49. The molecule has 10 heteroatoms. The summed E-state index contributed by atoms with van der Waals surface area (Å²) >= 11 is 7.50. The molecule has 8 nitrogen and oxygen atoms in total. The van der Waals surface area contributed by atoms with Crippen molar-refractivity contribution in [2.75, 3.05) is 4.90 Å². The number of hydrogen-bond donors (Lipinski definition) is 1. The van der Waals surface area contributed by atoms with Crippen molar-refractivity contribution in [3.63, 3.8) is 0 Å². The maximum atomic E-state index is 11.0. The molecule has 1 fully saturated rings. The first-order valence-corrected chi connectivity index (χ1v) is 14.7. The van der Waals surface area contributed by atoms with E-state index in [9.17, 15) is 10.1 Å². The number of hydrogen-bond acceptors (Lipinski definition) is 6. The summed E-state index contributed by atoms with van der Waals surface area (Å²) < 4.78 is 2.19. The zero-order valence-electron chi connectivity index (χ0n) is 23.3. The Labute approximate surface area is 253 Å². The van der Waals surface area contributed by atoms with Crippen LogP contribution in [0.3, 0.4) is 0 Å². The summed E-state index contributed by atoms with van der Waals surface area (Å²) in [6, 6.07) is 26.8. The smallest absolute Gasteiger partial charge is 0.269 e. The highest BCUT2D eigenvalue weighted by molar-refractivity contribution is 7.99. The second-order valence-corrected chi connectivity index (χ2v) is 11.7. The fourth-order valence-corrected chi connectivity index (χ4v) is 6.59. The molecule has 6 rings (SSSR count).